The Kier molecular flexibility index (Phi) is 4.02. The third-order valence-corrected chi connectivity index (χ3v) is 5.01. The smallest absolute Gasteiger partial charge is 0.238 e. The molecule has 0 aliphatic carbocycles. The first-order valence-electron chi connectivity index (χ1n) is 6.24. The quantitative estimate of drug-likeness (QED) is 0.876. The molecule has 1 heterocycles. The fourth-order valence-electron chi connectivity index (χ4n) is 2.29. The van der Waals surface area contributed by atoms with Crippen molar-refractivity contribution in [2.45, 2.75) is 5.37 Å². The SMILES string of the molecule is O=C1CSC(c2ccccc2Cl)N1c1ccc(Cl)cc1O. The number of rotatable bonds is 2. The average Bonchev–Trinajstić information content (AvgIpc) is 2.81. The van der Waals surface area contributed by atoms with Gasteiger partial charge in [-0.05, 0) is 18.2 Å². The van der Waals surface area contributed by atoms with Crippen LogP contribution in [0.4, 0.5) is 5.69 Å². The second kappa shape index (κ2) is 5.79. The number of aromatic hydroxyl groups is 1. The number of nitrogens with zero attached hydrogens (tertiary/aromatic N) is 1. The third-order valence-electron chi connectivity index (χ3n) is 3.24. The van der Waals surface area contributed by atoms with Crippen LogP contribution < -0.4 is 4.90 Å². The zero-order valence-corrected chi connectivity index (χ0v) is 13.1. The normalized spacial score (nSPS) is 18.3. The Labute approximate surface area is 136 Å². The summed E-state index contributed by atoms with van der Waals surface area (Å²) in [4.78, 5) is 13.8. The first kappa shape index (κ1) is 14.6. The lowest BCUT2D eigenvalue weighted by atomic mass is 10.2. The van der Waals surface area contributed by atoms with Crippen molar-refractivity contribution in [2.24, 2.45) is 0 Å². The number of carbonyl (C=O) groups is 1. The highest BCUT2D eigenvalue weighted by molar-refractivity contribution is 8.00. The zero-order valence-electron chi connectivity index (χ0n) is 10.8. The molecule has 2 aromatic rings. The van der Waals surface area contributed by atoms with E-state index in [1.165, 1.54) is 17.8 Å². The van der Waals surface area contributed by atoms with Gasteiger partial charge in [0.25, 0.3) is 0 Å². The summed E-state index contributed by atoms with van der Waals surface area (Å²) < 4.78 is 0. The van der Waals surface area contributed by atoms with E-state index < -0.39 is 0 Å². The molecule has 1 N–H and O–H groups in total. The molecular formula is C15H11Cl2NO2S. The Morgan fingerprint density at radius 2 is 1.95 bits per heavy atom. The molecule has 1 amide bonds. The number of hydrogen-bond acceptors (Lipinski definition) is 3. The van der Waals surface area contributed by atoms with Crippen molar-refractivity contribution in [1.29, 1.82) is 0 Å². The largest absolute Gasteiger partial charge is 0.506 e. The maximum absolute atomic E-state index is 12.2. The van der Waals surface area contributed by atoms with Crippen LogP contribution in [0.2, 0.25) is 10.0 Å². The molecule has 3 rings (SSSR count). The lowest BCUT2D eigenvalue weighted by Crippen LogP contribution is -2.28. The summed E-state index contributed by atoms with van der Waals surface area (Å²) in [5, 5.41) is 10.9. The molecule has 108 valence electrons. The van der Waals surface area contributed by atoms with Crippen LogP contribution >= 0.6 is 35.0 Å². The predicted octanol–water partition coefficient (Wildman–Crippen LogP) is 4.48. The number of phenolic OH excluding ortho intramolecular Hbond substituents is 1. The summed E-state index contributed by atoms with van der Waals surface area (Å²) in [5.74, 6) is 0.260. The molecule has 0 spiro atoms. The summed E-state index contributed by atoms with van der Waals surface area (Å²) in [6, 6.07) is 12.1. The second-order valence-electron chi connectivity index (χ2n) is 4.58. The lowest BCUT2D eigenvalue weighted by molar-refractivity contribution is -0.115. The maximum Gasteiger partial charge on any atom is 0.238 e. The van der Waals surface area contributed by atoms with Crippen molar-refractivity contribution in [3.05, 3.63) is 58.1 Å². The highest BCUT2D eigenvalue weighted by atomic mass is 35.5. The van der Waals surface area contributed by atoms with Crippen molar-refractivity contribution in [3.8, 4) is 5.75 Å². The van der Waals surface area contributed by atoms with Gasteiger partial charge in [-0.2, -0.15) is 0 Å². The summed E-state index contributed by atoms with van der Waals surface area (Å²) in [6.07, 6.45) is 0. The summed E-state index contributed by atoms with van der Waals surface area (Å²) in [6.45, 7) is 0. The fourth-order valence-corrected chi connectivity index (χ4v) is 3.97. The van der Waals surface area contributed by atoms with Crippen LogP contribution in [0.15, 0.2) is 42.5 Å². The van der Waals surface area contributed by atoms with Crippen LogP contribution in [0.25, 0.3) is 0 Å². The van der Waals surface area contributed by atoms with Crippen LogP contribution in [0, 0.1) is 0 Å². The van der Waals surface area contributed by atoms with Gasteiger partial charge in [-0.1, -0.05) is 41.4 Å². The van der Waals surface area contributed by atoms with E-state index in [1.807, 2.05) is 18.2 Å². The van der Waals surface area contributed by atoms with E-state index in [4.69, 9.17) is 23.2 Å². The molecule has 0 saturated carbocycles. The average molecular weight is 340 g/mol. The van der Waals surface area contributed by atoms with E-state index >= 15 is 0 Å². The third kappa shape index (κ3) is 2.71. The highest BCUT2D eigenvalue weighted by Crippen LogP contribution is 2.46. The summed E-state index contributed by atoms with van der Waals surface area (Å²) >= 11 is 13.6. The van der Waals surface area contributed by atoms with Gasteiger partial charge >= 0.3 is 0 Å². The van der Waals surface area contributed by atoms with Crippen LogP contribution in [-0.2, 0) is 4.79 Å². The van der Waals surface area contributed by atoms with E-state index in [-0.39, 0.29) is 17.0 Å². The minimum Gasteiger partial charge on any atom is -0.506 e. The van der Waals surface area contributed by atoms with Crippen molar-refractivity contribution in [1.82, 2.24) is 0 Å². The molecule has 1 saturated heterocycles. The van der Waals surface area contributed by atoms with E-state index in [2.05, 4.69) is 0 Å². The number of hydrogen-bond donors (Lipinski definition) is 1. The zero-order chi connectivity index (χ0) is 15.0. The Morgan fingerprint density at radius 3 is 2.67 bits per heavy atom. The molecule has 0 radical (unpaired) electrons. The molecule has 1 fully saturated rings. The van der Waals surface area contributed by atoms with Crippen LogP contribution in [0.1, 0.15) is 10.9 Å². The van der Waals surface area contributed by atoms with E-state index in [9.17, 15) is 9.90 Å². The fraction of sp³-hybridized carbons (Fsp3) is 0.133. The number of anilines is 1. The van der Waals surface area contributed by atoms with Crippen molar-refractivity contribution >= 4 is 46.6 Å². The number of thioether (sulfide) groups is 1. The molecule has 1 aliphatic heterocycles. The summed E-state index contributed by atoms with van der Waals surface area (Å²) in [7, 11) is 0. The standard InChI is InChI=1S/C15H11Cl2NO2S/c16-9-5-6-12(13(19)7-9)18-14(20)8-21-15(18)10-3-1-2-4-11(10)17/h1-7,15,19H,8H2. The van der Waals surface area contributed by atoms with Gasteiger partial charge in [0.05, 0.1) is 11.4 Å². The molecule has 21 heavy (non-hydrogen) atoms. The topological polar surface area (TPSA) is 40.5 Å². The number of amides is 1. The second-order valence-corrected chi connectivity index (χ2v) is 6.49. The van der Waals surface area contributed by atoms with Gasteiger partial charge in [-0.25, -0.2) is 0 Å². The molecule has 1 atom stereocenters. The van der Waals surface area contributed by atoms with Gasteiger partial charge in [0.1, 0.15) is 11.1 Å². The van der Waals surface area contributed by atoms with Gasteiger partial charge in [0, 0.05) is 21.7 Å². The van der Waals surface area contributed by atoms with Crippen molar-refractivity contribution in [2.75, 3.05) is 10.7 Å². The van der Waals surface area contributed by atoms with Gasteiger partial charge in [-0.15, -0.1) is 11.8 Å². The molecule has 0 aromatic heterocycles. The maximum atomic E-state index is 12.2. The number of phenols is 1. The molecule has 2 aromatic carbocycles. The van der Waals surface area contributed by atoms with E-state index in [0.717, 1.165) is 5.56 Å². The van der Waals surface area contributed by atoms with Crippen molar-refractivity contribution < 1.29 is 9.90 Å². The molecule has 1 aliphatic rings. The van der Waals surface area contributed by atoms with Gasteiger partial charge in [0.15, 0.2) is 0 Å². The monoisotopic (exact) mass is 339 g/mol. The van der Waals surface area contributed by atoms with E-state index in [1.54, 1.807) is 23.1 Å². The minimum atomic E-state index is -0.252. The Morgan fingerprint density at radius 1 is 1.19 bits per heavy atom. The van der Waals surface area contributed by atoms with E-state index in [0.29, 0.717) is 21.5 Å². The minimum absolute atomic E-state index is 0.0181. The molecular weight excluding hydrogens is 329 g/mol. The van der Waals surface area contributed by atoms with Crippen molar-refractivity contribution in [3.63, 3.8) is 0 Å². The molecule has 1 unspecified atom stereocenters. The predicted molar refractivity (Wildman–Crippen MR) is 87.3 cm³/mol. The van der Waals surface area contributed by atoms with Crippen LogP contribution in [0.5, 0.6) is 5.75 Å². The first-order valence-corrected chi connectivity index (χ1v) is 8.05. The lowest BCUT2D eigenvalue weighted by Gasteiger charge is -2.25. The van der Waals surface area contributed by atoms with Gasteiger partial charge in [0.2, 0.25) is 5.91 Å². The number of benzene rings is 2. The van der Waals surface area contributed by atoms with Crippen LogP contribution in [0.3, 0.4) is 0 Å². The summed E-state index contributed by atoms with van der Waals surface area (Å²) in [5.41, 5.74) is 1.30. The molecule has 3 nitrogen and oxygen atoms in total. The Balaban J connectivity index is 2.06. The molecule has 6 heteroatoms. The Hall–Kier alpha value is -1.36. The van der Waals surface area contributed by atoms with Gasteiger partial charge < -0.3 is 5.11 Å². The highest BCUT2D eigenvalue weighted by Gasteiger charge is 2.36. The van der Waals surface area contributed by atoms with Gasteiger partial charge in [-0.3, -0.25) is 9.69 Å². The number of carbonyl (C=O) groups excluding carboxylic acids is 1. The number of halogens is 2. The Bertz CT molecular complexity index is 708. The first-order chi connectivity index (χ1) is 10.1. The molecule has 0 bridgehead atoms. The van der Waals surface area contributed by atoms with Crippen LogP contribution in [-0.4, -0.2) is 16.8 Å².